The van der Waals surface area contributed by atoms with Crippen LogP contribution in [0.4, 0.5) is 0 Å². The zero-order chi connectivity index (χ0) is 34.3. The summed E-state index contributed by atoms with van der Waals surface area (Å²) in [5, 5.41) is 12.6. The average molecular weight is 659 g/mol. The second-order valence-electron chi connectivity index (χ2n) is 14.5. The van der Waals surface area contributed by atoms with Crippen LogP contribution in [0.1, 0.15) is 33.4 Å². The number of fused-ring (bicyclic) bond motifs is 4. The third-order valence-corrected chi connectivity index (χ3v) is 12.0. The number of hydrogen-bond donors (Lipinski definition) is 0. The number of rotatable bonds is 4. The zero-order valence-corrected chi connectivity index (χ0v) is 28.6. The van der Waals surface area contributed by atoms with E-state index in [0.29, 0.717) is 0 Å². The maximum absolute atomic E-state index is 2.48. The van der Waals surface area contributed by atoms with Crippen LogP contribution in [-0.2, 0) is 10.8 Å². The van der Waals surface area contributed by atoms with Gasteiger partial charge in [0.25, 0.3) is 0 Å². The van der Waals surface area contributed by atoms with Gasteiger partial charge < -0.3 is 0 Å². The summed E-state index contributed by atoms with van der Waals surface area (Å²) >= 11 is 0. The highest BCUT2D eigenvalue weighted by atomic mass is 14.6. The highest BCUT2D eigenvalue weighted by Gasteiger charge is 2.62. The smallest absolute Gasteiger partial charge is 0.0616 e. The average Bonchev–Trinajstić information content (AvgIpc) is 3.49. The molecular weight excluding hydrogens is 625 g/mol. The van der Waals surface area contributed by atoms with Gasteiger partial charge in [0.15, 0.2) is 0 Å². The van der Waals surface area contributed by atoms with E-state index in [0.717, 1.165) is 0 Å². The molecule has 0 nitrogen and oxygen atoms in total. The molecule has 0 aliphatic heterocycles. The highest BCUT2D eigenvalue weighted by molar-refractivity contribution is 6.01. The standard InChI is InChI=1S/C52H34/c1-5-15-40-31-44(27-23-35(40)11-1)51(45-28-24-36-12-2-6-16-41(36)32-45)48-21-9-19-39-20-10-22-49(50(39)48)52(51,46-29-25-37-13-3-7-17-42(37)33-46)47-30-26-38-14-4-8-18-43(38)34-47/h1-34H. The van der Waals surface area contributed by atoms with Gasteiger partial charge in [-0.1, -0.05) is 182 Å². The molecule has 10 aromatic carbocycles. The van der Waals surface area contributed by atoms with Gasteiger partial charge in [-0.15, -0.1) is 0 Å². The van der Waals surface area contributed by atoms with E-state index in [1.165, 1.54) is 87.2 Å². The Morgan fingerprint density at radius 1 is 0.212 bits per heavy atom. The summed E-state index contributed by atoms with van der Waals surface area (Å²) in [6.07, 6.45) is 0. The largest absolute Gasteiger partial charge is 0.0636 e. The Balaban J connectivity index is 1.42. The molecule has 1 aliphatic rings. The predicted molar refractivity (Wildman–Crippen MR) is 220 cm³/mol. The Bertz CT molecular complexity index is 2670. The molecule has 0 unspecified atom stereocenters. The van der Waals surface area contributed by atoms with Crippen LogP contribution >= 0.6 is 0 Å². The van der Waals surface area contributed by atoms with Crippen LogP contribution in [0.2, 0.25) is 0 Å². The maximum atomic E-state index is 2.48. The summed E-state index contributed by atoms with van der Waals surface area (Å²) in [5.74, 6) is 0. The molecule has 0 radical (unpaired) electrons. The van der Waals surface area contributed by atoms with Gasteiger partial charge in [-0.25, -0.2) is 0 Å². The second-order valence-corrected chi connectivity index (χ2v) is 14.5. The molecule has 0 spiro atoms. The van der Waals surface area contributed by atoms with E-state index in [-0.39, 0.29) is 0 Å². The minimum atomic E-state index is -0.658. The monoisotopic (exact) mass is 658 g/mol. The quantitative estimate of drug-likeness (QED) is 0.177. The minimum absolute atomic E-state index is 0.658. The molecule has 0 amide bonds. The van der Waals surface area contributed by atoms with Crippen LogP contribution in [0.3, 0.4) is 0 Å². The van der Waals surface area contributed by atoms with Crippen molar-refractivity contribution in [2.75, 3.05) is 0 Å². The van der Waals surface area contributed by atoms with Crippen LogP contribution < -0.4 is 0 Å². The van der Waals surface area contributed by atoms with E-state index < -0.39 is 10.8 Å². The molecule has 242 valence electrons. The molecule has 11 rings (SSSR count). The lowest BCUT2D eigenvalue weighted by atomic mass is 9.50. The van der Waals surface area contributed by atoms with E-state index in [1.807, 2.05) is 0 Å². The Kier molecular flexibility index (Phi) is 6.19. The molecule has 0 heteroatoms. The molecule has 10 aromatic rings. The van der Waals surface area contributed by atoms with Crippen molar-refractivity contribution in [3.8, 4) is 0 Å². The van der Waals surface area contributed by atoms with E-state index in [2.05, 4.69) is 206 Å². The van der Waals surface area contributed by atoms with Gasteiger partial charge in [-0.3, -0.25) is 0 Å². The molecule has 52 heavy (non-hydrogen) atoms. The summed E-state index contributed by atoms with van der Waals surface area (Å²) < 4.78 is 0. The Labute approximate surface area is 303 Å². The van der Waals surface area contributed by atoms with Gasteiger partial charge in [0.1, 0.15) is 0 Å². The van der Waals surface area contributed by atoms with Crippen molar-refractivity contribution in [2.24, 2.45) is 0 Å². The van der Waals surface area contributed by atoms with Crippen molar-refractivity contribution >= 4 is 53.9 Å². The van der Waals surface area contributed by atoms with Crippen LogP contribution in [0, 0.1) is 0 Å². The summed E-state index contributed by atoms with van der Waals surface area (Å²) in [6.45, 7) is 0. The minimum Gasteiger partial charge on any atom is -0.0616 e. The normalized spacial score (nSPS) is 14.5. The molecule has 0 aromatic heterocycles. The SMILES string of the molecule is c1ccc2cc(C3(c4ccc5ccccc5c4)c4cccc5cccc(c45)C3(c3ccc4ccccc4c3)c3ccc4ccccc4c3)ccc2c1. The first-order chi connectivity index (χ1) is 25.7. The van der Waals surface area contributed by atoms with Crippen molar-refractivity contribution in [3.63, 3.8) is 0 Å². The lowest BCUT2D eigenvalue weighted by molar-refractivity contribution is 0.444. The van der Waals surface area contributed by atoms with Gasteiger partial charge in [0, 0.05) is 0 Å². The summed E-state index contributed by atoms with van der Waals surface area (Å²) in [4.78, 5) is 0. The molecule has 0 saturated carbocycles. The van der Waals surface area contributed by atoms with Crippen molar-refractivity contribution in [3.05, 3.63) is 240 Å². The highest BCUT2D eigenvalue weighted by Crippen LogP contribution is 2.67. The van der Waals surface area contributed by atoms with Crippen molar-refractivity contribution in [1.82, 2.24) is 0 Å². The Morgan fingerprint density at radius 3 is 0.788 bits per heavy atom. The Hall–Kier alpha value is -6.50. The summed E-state index contributed by atoms with van der Waals surface area (Å²) in [5.41, 5.74) is 6.50. The number of benzene rings is 10. The molecule has 0 saturated heterocycles. The molecule has 0 fully saturated rings. The maximum Gasteiger partial charge on any atom is 0.0636 e. The topological polar surface area (TPSA) is 0 Å². The van der Waals surface area contributed by atoms with Gasteiger partial charge >= 0.3 is 0 Å². The third kappa shape index (κ3) is 3.87. The van der Waals surface area contributed by atoms with Crippen molar-refractivity contribution in [2.45, 2.75) is 10.8 Å². The van der Waals surface area contributed by atoms with E-state index in [4.69, 9.17) is 0 Å². The van der Waals surface area contributed by atoms with Crippen molar-refractivity contribution < 1.29 is 0 Å². The fourth-order valence-corrected chi connectivity index (χ4v) is 9.88. The van der Waals surface area contributed by atoms with Gasteiger partial charge in [0.05, 0.1) is 10.8 Å². The van der Waals surface area contributed by atoms with Crippen LogP contribution in [0.15, 0.2) is 206 Å². The fourth-order valence-electron chi connectivity index (χ4n) is 9.88. The Morgan fingerprint density at radius 2 is 0.481 bits per heavy atom. The summed E-state index contributed by atoms with van der Waals surface area (Å²) in [7, 11) is 0. The third-order valence-electron chi connectivity index (χ3n) is 12.0. The lowest BCUT2D eigenvalue weighted by Crippen LogP contribution is -2.49. The molecule has 0 bridgehead atoms. The van der Waals surface area contributed by atoms with Gasteiger partial charge in [-0.05, 0) is 112 Å². The molecular formula is C52H34. The van der Waals surface area contributed by atoms with Crippen LogP contribution in [0.5, 0.6) is 0 Å². The number of hydrogen-bond acceptors (Lipinski definition) is 0. The molecule has 0 atom stereocenters. The van der Waals surface area contributed by atoms with Crippen LogP contribution in [-0.4, -0.2) is 0 Å². The first-order valence-corrected chi connectivity index (χ1v) is 18.2. The molecule has 1 aliphatic carbocycles. The summed E-state index contributed by atoms with van der Waals surface area (Å²) in [6, 6.07) is 78.1. The lowest BCUT2D eigenvalue weighted by Gasteiger charge is -2.50. The van der Waals surface area contributed by atoms with Gasteiger partial charge in [0.2, 0.25) is 0 Å². The predicted octanol–water partition coefficient (Wildman–Crippen LogP) is 13.1. The van der Waals surface area contributed by atoms with E-state index >= 15 is 0 Å². The fraction of sp³-hybridized carbons (Fsp3) is 0.0385. The second kappa shape index (κ2) is 11.0. The first-order valence-electron chi connectivity index (χ1n) is 18.2. The zero-order valence-electron chi connectivity index (χ0n) is 28.6. The molecule has 0 heterocycles. The van der Waals surface area contributed by atoms with Crippen LogP contribution in [0.25, 0.3) is 53.9 Å². The van der Waals surface area contributed by atoms with Crippen molar-refractivity contribution in [1.29, 1.82) is 0 Å². The molecule has 0 N–H and O–H groups in total. The van der Waals surface area contributed by atoms with E-state index in [1.54, 1.807) is 0 Å². The van der Waals surface area contributed by atoms with E-state index in [9.17, 15) is 0 Å². The van der Waals surface area contributed by atoms with Gasteiger partial charge in [-0.2, -0.15) is 0 Å². The first kappa shape index (κ1) is 29.3.